The van der Waals surface area contributed by atoms with Crippen LogP contribution in [0.25, 0.3) is 21.7 Å². The van der Waals surface area contributed by atoms with Crippen molar-refractivity contribution < 1.29 is 9.59 Å². The summed E-state index contributed by atoms with van der Waals surface area (Å²) in [6, 6.07) is 21.1. The third kappa shape index (κ3) is 3.55. The van der Waals surface area contributed by atoms with Crippen LogP contribution in [0.5, 0.6) is 0 Å². The van der Waals surface area contributed by atoms with Gasteiger partial charge in [0.15, 0.2) is 0 Å². The number of rotatable bonds is 4. The highest BCUT2D eigenvalue weighted by molar-refractivity contribution is 6.13. The van der Waals surface area contributed by atoms with E-state index in [1.807, 2.05) is 66.7 Å². The molecule has 3 aromatic carbocycles. The monoisotopic (exact) mass is 381 g/mol. The molecule has 1 aliphatic carbocycles. The first-order valence-corrected chi connectivity index (χ1v) is 9.67. The highest BCUT2D eigenvalue weighted by Gasteiger charge is 2.30. The normalized spacial score (nSPS) is 13.4. The van der Waals surface area contributed by atoms with Gasteiger partial charge in [-0.25, -0.2) is 0 Å². The van der Waals surface area contributed by atoms with Gasteiger partial charge >= 0.3 is 0 Å². The van der Waals surface area contributed by atoms with Crippen LogP contribution in [0, 0.1) is 5.92 Å². The van der Waals surface area contributed by atoms with E-state index in [1.54, 1.807) is 6.20 Å². The molecular formula is C24H19N3O2. The number of carbonyl (C=O) groups is 2. The lowest BCUT2D eigenvalue weighted by Crippen LogP contribution is -2.19. The maximum absolute atomic E-state index is 13.1. The van der Waals surface area contributed by atoms with Gasteiger partial charge in [-0.1, -0.05) is 42.5 Å². The van der Waals surface area contributed by atoms with Crippen molar-refractivity contribution in [2.24, 2.45) is 5.92 Å². The highest BCUT2D eigenvalue weighted by Crippen LogP contribution is 2.32. The Hall–Kier alpha value is -3.73. The molecule has 4 aromatic rings. The minimum Gasteiger partial charge on any atom is -0.325 e. The molecule has 29 heavy (non-hydrogen) atoms. The van der Waals surface area contributed by atoms with Crippen LogP contribution >= 0.6 is 0 Å². The first kappa shape index (κ1) is 17.4. The summed E-state index contributed by atoms with van der Waals surface area (Å²) in [7, 11) is 0. The van der Waals surface area contributed by atoms with Crippen LogP contribution in [0.4, 0.5) is 11.4 Å². The van der Waals surface area contributed by atoms with Crippen molar-refractivity contribution in [1.82, 2.24) is 4.98 Å². The molecule has 5 rings (SSSR count). The van der Waals surface area contributed by atoms with Gasteiger partial charge in [0.1, 0.15) is 0 Å². The molecule has 142 valence electrons. The predicted octanol–water partition coefficient (Wildman–Crippen LogP) is 4.99. The van der Waals surface area contributed by atoms with Crippen LogP contribution < -0.4 is 10.6 Å². The van der Waals surface area contributed by atoms with E-state index in [9.17, 15) is 9.59 Å². The maximum atomic E-state index is 13.1. The Balaban J connectivity index is 1.50. The number of hydrogen-bond donors (Lipinski definition) is 2. The Morgan fingerprint density at radius 2 is 1.52 bits per heavy atom. The molecule has 0 saturated heterocycles. The van der Waals surface area contributed by atoms with E-state index in [1.165, 1.54) is 0 Å². The molecule has 1 aliphatic rings. The largest absolute Gasteiger partial charge is 0.325 e. The zero-order valence-corrected chi connectivity index (χ0v) is 15.7. The van der Waals surface area contributed by atoms with E-state index in [0.717, 1.165) is 34.5 Å². The minimum absolute atomic E-state index is 0.0262. The second-order valence-electron chi connectivity index (χ2n) is 7.38. The summed E-state index contributed by atoms with van der Waals surface area (Å²) in [4.78, 5) is 29.8. The quantitative estimate of drug-likeness (QED) is 0.523. The fraction of sp³-hybridized carbons (Fsp3) is 0.125. The number of amides is 2. The first-order chi connectivity index (χ1) is 14.2. The van der Waals surface area contributed by atoms with Crippen molar-refractivity contribution in [2.45, 2.75) is 12.8 Å². The van der Waals surface area contributed by atoms with Gasteiger partial charge < -0.3 is 10.6 Å². The van der Waals surface area contributed by atoms with Gasteiger partial charge in [-0.2, -0.15) is 0 Å². The summed E-state index contributed by atoms with van der Waals surface area (Å²) >= 11 is 0. The van der Waals surface area contributed by atoms with Crippen LogP contribution in [0.3, 0.4) is 0 Å². The van der Waals surface area contributed by atoms with Crippen molar-refractivity contribution in [2.75, 3.05) is 10.6 Å². The average molecular weight is 381 g/mol. The van der Waals surface area contributed by atoms with Gasteiger partial charge in [-0.3, -0.25) is 14.6 Å². The number of hydrogen-bond acceptors (Lipinski definition) is 3. The Bertz CT molecular complexity index is 1260. The molecule has 0 radical (unpaired) electrons. The van der Waals surface area contributed by atoms with Crippen LogP contribution in [0.15, 0.2) is 72.9 Å². The number of benzene rings is 3. The van der Waals surface area contributed by atoms with Crippen LogP contribution in [0.1, 0.15) is 23.2 Å². The summed E-state index contributed by atoms with van der Waals surface area (Å²) < 4.78 is 0. The fourth-order valence-corrected chi connectivity index (χ4v) is 3.45. The van der Waals surface area contributed by atoms with Gasteiger partial charge in [0.2, 0.25) is 5.91 Å². The Labute approximate surface area is 167 Å². The maximum Gasteiger partial charge on any atom is 0.257 e. The second kappa shape index (κ2) is 7.02. The number of nitrogens with one attached hydrogen (secondary N) is 2. The third-order valence-electron chi connectivity index (χ3n) is 5.18. The van der Waals surface area contributed by atoms with Crippen molar-refractivity contribution in [3.8, 4) is 0 Å². The van der Waals surface area contributed by atoms with Crippen molar-refractivity contribution in [3.05, 3.63) is 78.5 Å². The highest BCUT2D eigenvalue weighted by atomic mass is 16.2. The van der Waals surface area contributed by atoms with Gasteiger partial charge in [0, 0.05) is 11.3 Å². The number of carbonyl (C=O) groups excluding carboxylic acids is 2. The Morgan fingerprint density at radius 1 is 0.828 bits per heavy atom. The molecule has 1 aromatic heterocycles. The molecular weight excluding hydrogens is 362 g/mol. The minimum atomic E-state index is -0.279. The number of pyridine rings is 1. The standard InChI is InChI=1S/C24H19N3O2/c28-23(15-9-10-15)27-22-13-17-6-2-1-5-16(17)12-20(22)24(29)26-19-11-18-7-3-4-8-21(18)25-14-19/h1-8,11-15H,9-10H2,(H,26,29)(H,27,28). The Kier molecular flexibility index (Phi) is 4.21. The van der Waals surface area contributed by atoms with E-state index >= 15 is 0 Å². The van der Waals surface area contributed by atoms with Crippen molar-refractivity contribution in [3.63, 3.8) is 0 Å². The molecule has 0 unspecified atom stereocenters. The lowest BCUT2D eigenvalue weighted by Gasteiger charge is -2.13. The fourth-order valence-electron chi connectivity index (χ4n) is 3.45. The summed E-state index contributed by atoms with van der Waals surface area (Å²) in [5.41, 5.74) is 2.45. The smallest absolute Gasteiger partial charge is 0.257 e. The lowest BCUT2D eigenvalue weighted by molar-refractivity contribution is -0.117. The number of para-hydroxylation sites is 1. The van der Waals surface area contributed by atoms with Gasteiger partial charge in [0.05, 0.1) is 28.7 Å². The SMILES string of the molecule is O=C(Nc1cnc2ccccc2c1)c1cc2ccccc2cc1NC(=O)C1CC1. The molecule has 0 spiro atoms. The van der Waals surface area contributed by atoms with E-state index < -0.39 is 0 Å². The van der Waals surface area contributed by atoms with Gasteiger partial charge in [-0.05, 0) is 47.9 Å². The number of aromatic nitrogens is 1. The van der Waals surface area contributed by atoms with Crippen LogP contribution in [0.2, 0.25) is 0 Å². The molecule has 2 N–H and O–H groups in total. The number of fused-ring (bicyclic) bond motifs is 2. The third-order valence-corrected chi connectivity index (χ3v) is 5.18. The molecule has 5 heteroatoms. The van der Waals surface area contributed by atoms with Crippen molar-refractivity contribution in [1.29, 1.82) is 0 Å². The average Bonchev–Trinajstić information content (AvgIpc) is 3.58. The molecule has 1 fully saturated rings. The summed E-state index contributed by atoms with van der Waals surface area (Å²) in [6.45, 7) is 0. The van der Waals surface area contributed by atoms with E-state index in [0.29, 0.717) is 16.9 Å². The Morgan fingerprint density at radius 3 is 2.28 bits per heavy atom. The summed E-state index contributed by atoms with van der Waals surface area (Å²) in [5, 5.41) is 8.73. The topological polar surface area (TPSA) is 71.1 Å². The molecule has 1 saturated carbocycles. The van der Waals surface area contributed by atoms with Crippen LogP contribution in [-0.4, -0.2) is 16.8 Å². The number of nitrogens with zero attached hydrogens (tertiary/aromatic N) is 1. The molecule has 0 atom stereocenters. The van der Waals surface area contributed by atoms with Gasteiger partial charge in [0.25, 0.3) is 5.91 Å². The summed E-state index contributed by atoms with van der Waals surface area (Å²) in [5.74, 6) is -0.247. The molecule has 5 nitrogen and oxygen atoms in total. The van der Waals surface area contributed by atoms with E-state index in [2.05, 4.69) is 15.6 Å². The number of anilines is 2. The molecule has 0 aliphatic heterocycles. The first-order valence-electron chi connectivity index (χ1n) is 9.67. The zero-order valence-electron chi connectivity index (χ0n) is 15.7. The zero-order chi connectivity index (χ0) is 19.8. The second-order valence-corrected chi connectivity index (χ2v) is 7.38. The molecule has 2 amide bonds. The predicted molar refractivity (Wildman–Crippen MR) is 115 cm³/mol. The van der Waals surface area contributed by atoms with E-state index in [-0.39, 0.29) is 17.7 Å². The van der Waals surface area contributed by atoms with Crippen molar-refractivity contribution >= 4 is 44.9 Å². The molecule has 0 bridgehead atoms. The summed E-state index contributed by atoms with van der Waals surface area (Å²) in [6.07, 6.45) is 3.46. The van der Waals surface area contributed by atoms with Gasteiger partial charge in [-0.15, -0.1) is 0 Å². The van der Waals surface area contributed by atoms with Crippen LogP contribution in [-0.2, 0) is 4.79 Å². The van der Waals surface area contributed by atoms with E-state index in [4.69, 9.17) is 0 Å². The molecule has 1 heterocycles. The lowest BCUT2D eigenvalue weighted by atomic mass is 10.0.